The third-order valence-corrected chi connectivity index (χ3v) is 5.06. The summed E-state index contributed by atoms with van der Waals surface area (Å²) in [4.78, 5) is 11.4. The standard InChI is InChI=1S/C15H20BrClINO3/c1-15(2,3)22-14(20)19-6-4-5-7-21-13-9-12(18)10(16)8-11(13)17/h8-9H,4-7H2,1-3H3,(H,19,20). The van der Waals surface area contributed by atoms with Crippen LogP contribution in [0.1, 0.15) is 33.6 Å². The molecule has 0 fully saturated rings. The Kier molecular flexibility index (Phi) is 8.27. The van der Waals surface area contributed by atoms with Crippen LogP contribution in [-0.4, -0.2) is 24.8 Å². The molecule has 0 aliphatic carbocycles. The molecule has 1 aromatic carbocycles. The van der Waals surface area contributed by atoms with E-state index in [2.05, 4.69) is 43.8 Å². The van der Waals surface area contributed by atoms with Crippen LogP contribution in [0, 0.1) is 3.57 Å². The molecule has 1 aromatic rings. The van der Waals surface area contributed by atoms with Crippen molar-refractivity contribution in [2.45, 2.75) is 39.2 Å². The first kappa shape index (κ1) is 19.8. The summed E-state index contributed by atoms with van der Waals surface area (Å²) in [5.41, 5.74) is -0.470. The molecule has 22 heavy (non-hydrogen) atoms. The number of nitrogens with one attached hydrogen (secondary N) is 1. The Morgan fingerprint density at radius 2 is 2.05 bits per heavy atom. The lowest BCUT2D eigenvalue weighted by Gasteiger charge is -2.19. The molecule has 1 amide bonds. The first-order chi connectivity index (χ1) is 10.2. The summed E-state index contributed by atoms with van der Waals surface area (Å²) in [7, 11) is 0. The highest BCUT2D eigenvalue weighted by Crippen LogP contribution is 2.32. The van der Waals surface area contributed by atoms with E-state index >= 15 is 0 Å². The van der Waals surface area contributed by atoms with Gasteiger partial charge in [0, 0.05) is 14.6 Å². The van der Waals surface area contributed by atoms with Gasteiger partial charge in [0.15, 0.2) is 0 Å². The van der Waals surface area contributed by atoms with Gasteiger partial charge in [-0.1, -0.05) is 11.6 Å². The molecular weight excluding hydrogens is 484 g/mol. The number of halogens is 3. The first-order valence-electron chi connectivity index (χ1n) is 6.93. The summed E-state index contributed by atoms with van der Waals surface area (Å²) < 4.78 is 12.8. The fourth-order valence-corrected chi connectivity index (χ4v) is 2.66. The zero-order chi connectivity index (χ0) is 16.8. The maximum absolute atomic E-state index is 11.4. The predicted octanol–water partition coefficient (Wildman–Crippen LogP) is 5.39. The van der Waals surface area contributed by atoms with Crippen LogP contribution in [0.4, 0.5) is 4.79 Å². The molecule has 0 heterocycles. The van der Waals surface area contributed by atoms with E-state index in [0.29, 0.717) is 23.9 Å². The van der Waals surface area contributed by atoms with Gasteiger partial charge in [-0.05, 0) is 84.3 Å². The summed E-state index contributed by atoms with van der Waals surface area (Å²) in [6.45, 7) is 6.62. The number of amides is 1. The van der Waals surface area contributed by atoms with Gasteiger partial charge in [-0.25, -0.2) is 4.79 Å². The maximum Gasteiger partial charge on any atom is 0.407 e. The van der Waals surface area contributed by atoms with E-state index in [1.807, 2.05) is 32.9 Å². The van der Waals surface area contributed by atoms with Gasteiger partial charge >= 0.3 is 6.09 Å². The number of carbonyl (C=O) groups is 1. The van der Waals surface area contributed by atoms with E-state index in [0.717, 1.165) is 20.9 Å². The summed E-state index contributed by atoms with van der Waals surface area (Å²) in [6.07, 6.45) is 1.24. The number of rotatable bonds is 6. The van der Waals surface area contributed by atoms with Gasteiger partial charge in [-0.15, -0.1) is 0 Å². The van der Waals surface area contributed by atoms with Crippen molar-refractivity contribution >= 4 is 56.2 Å². The Balaban J connectivity index is 2.21. The zero-order valence-corrected chi connectivity index (χ0v) is 17.3. The van der Waals surface area contributed by atoms with Crippen LogP contribution in [0.3, 0.4) is 0 Å². The van der Waals surface area contributed by atoms with Gasteiger partial charge in [0.2, 0.25) is 0 Å². The number of ether oxygens (including phenoxy) is 2. The second-order valence-corrected chi connectivity index (χ2v) is 8.10. The molecule has 0 saturated heterocycles. The molecule has 0 bridgehead atoms. The summed E-state index contributed by atoms with van der Waals surface area (Å²) in [5.74, 6) is 0.675. The minimum absolute atomic E-state index is 0.390. The molecule has 0 atom stereocenters. The maximum atomic E-state index is 11.4. The third-order valence-electron chi connectivity index (χ3n) is 2.47. The lowest BCUT2D eigenvalue weighted by Crippen LogP contribution is -2.33. The topological polar surface area (TPSA) is 47.6 Å². The molecule has 7 heteroatoms. The van der Waals surface area contributed by atoms with Gasteiger partial charge in [0.1, 0.15) is 11.4 Å². The van der Waals surface area contributed by atoms with Gasteiger partial charge in [-0.3, -0.25) is 0 Å². The molecule has 0 aliphatic rings. The van der Waals surface area contributed by atoms with Gasteiger partial charge < -0.3 is 14.8 Å². The van der Waals surface area contributed by atoms with E-state index < -0.39 is 5.60 Å². The van der Waals surface area contributed by atoms with Gasteiger partial charge in [0.05, 0.1) is 11.6 Å². The molecule has 0 saturated carbocycles. The van der Waals surface area contributed by atoms with Crippen LogP contribution in [-0.2, 0) is 4.74 Å². The van der Waals surface area contributed by atoms with Crippen molar-refractivity contribution in [2.75, 3.05) is 13.2 Å². The molecule has 4 nitrogen and oxygen atoms in total. The zero-order valence-electron chi connectivity index (χ0n) is 12.8. The molecule has 0 unspecified atom stereocenters. The number of hydrogen-bond donors (Lipinski definition) is 1. The third kappa shape index (κ3) is 7.87. The van der Waals surface area contributed by atoms with E-state index in [1.54, 1.807) is 0 Å². The molecule has 0 aliphatic heterocycles. The molecule has 0 aromatic heterocycles. The fraction of sp³-hybridized carbons (Fsp3) is 0.533. The quantitative estimate of drug-likeness (QED) is 0.321. The van der Waals surface area contributed by atoms with Crippen LogP contribution in [0.2, 0.25) is 5.02 Å². The van der Waals surface area contributed by atoms with E-state index in [1.165, 1.54) is 0 Å². The largest absolute Gasteiger partial charge is 0.492 e. The second kappa shape index (κ2) is 9.17. The van der Waals surface area contributed by atoms with Crippen LogP contribution in [0.25, 0.3) is 0 Å². The average molecular weight is 505 g/mol. The normalized spacial score (nSPS) is 11.2. The van der Waals surface area contributed by atoms with Crippen molar-refractivity contribution in [1.29, 1.82) is 0 Å². The highest BCUT2D eigenvalue weighted by molar-refractivity contribution is 14.1. The minimum Gasteiger partial charge on any atom is -0.492 e. The van der Waals surface area contributed by atoms with E-state index in [-0.39, 0.29) is 6.09 Å². The smallest absolute Gasteiger partial charge is 0.407 e. The summed E-state index contributed by atoms with van der Waals surface area (Å²) in [5, 5.41) is 3.30. The van der Waals surface area contributed by atoms with E-state index in [4.69, 9.17) is 21.1 Å². The molecular formula is C15H20BrClINO3. The van der Waals surface area contributed by atoms with Crippen molar-refractivity contribution < 1.29 is 14.3 Å². The molecule has 1 N–H and O–H groups in total. The number of benzene rings is 1. The van der Waals surface area contributed by atoms with E-state index in [9.17, 15) is 4.79 Å². The van der Waals surface area contributed by atoms with Crippen LogP contribution in [0.15, 0.2) is 16.6 Å². The monoisotopic (exact) mass is 503 g/mol. The van der Waals surface area contributed by atoms with Crippen LogP contribution in [0.5, 0.6) is 5.75 Å². The Morgan fingerprint density at radius 3 is 2.68 bits per heavy atom. The summed E-state index contributed by atoms with van der Waals surface area (Å²) in [6, 6.07) is 3.72. The lowest BCUT2D eigenvalue weighted by atomic mass is 10.2. The fourth-order valence-electron chi connectivity index (χ4n) is 1.53. The van der Waals surface area contributed by atoms with Crippen LogP contribution < -0.4 is 10.1 Å². The summed E-state index contributed by atoms with van der Waals surface area (Å²) >= 11 is 11.7. The number of carbonyl (C=O) groups excluding carboxylic acids is 1. The number of hydrogen-bond acceptors (Lipinski definition) is 3. The lowest BCUT2D eigenvalue weighted by molar-refractivity contribution is 0.0526. The minimum atomic E-state index is -0.470. The first-order valence-corrected chi connectivity index (χ1v) is 9.18. The Morgan fingerprint density at radius 1 is 1.36 bits per heavy atom. The Labute approximate surface area is 158 Å². The molecule has 0 radical (unpaired) electrons. The molecule has 0 spiro atoms. The van der Waals surface area contributed by atoms with Crippen LogP contribution >= 0.6 is 50.1 Å². The molecule has 124 valence electrons. The number of unbranched alkanes of at least 4 members (excludes halogenated alkanes) is 1. The highest BCUT2D eigenvalue weighted by Gasteiger charge is 2.15. The highest BCUT2D eigenvalue weighted by atomic mass is 127. The SMILES string of the molecule is CC(C)(C)OC(=O)NCCCCOc1cc(I)c(Br)cc1Cl. The van der Waals surface area contributed by atoms with Crippen molar-refractivity contribution in [3.63, 3.8) is 0 Å². The Hall–Kier alpha value is -0.210. The van der Waals surface area contributed by atoms with Crippen molar-refractivity contribution in [2.24, 2.45) is 0 Å². The van der Waals surface area contributed by atoms with Crippen molar-refractivity contribution in [1.82, 2.24) is 5.32 Å². The molecule has 1 rings (SSSR count). The predicted molar refractivity (Wildman–Crippen MR) is 101 cm³/mol. The number of alkyl carbamates (subject to hydrolysis) is 1. The van der Waals surface area contributed by atoms with Crippen molar-refractivity contribution in [3.05, 3.63) is 25.2 Å². The second-order valence-electron chi connectivity index (χ2n) is 5.68. The van der Waals surface area contributed by atoms with Gasteiger partial charge in [-0.2, -0.15) is 0 Å². The van der Waals surface area contributed by atoms with Gasteiger partial charge in [0.25, 0.3) is 0 Å². The Bertz CT molecular complexity index is 520. The average Bonchev–Trinajstić information content (AvgIpc) is 2.37. The van der Waals surface area contributed by atoms with Crippen molar-refractivity contribution in [3.8, 4) is 5.75 Å².